The van der Waals surface area contributed by atoms with Gasteiger partial charge >= 0.3 is 16.8 Å². The molecular formula is C38H44ClCoN2O6+2. The summed E-state index contributed by atoms with van der Waals surface area (Å²) in [5, 5.41) is 9.91. The summed E-state index contributed by atoms with van der Waals surface area (Å²) in [6.45, 7) is 19.2. The summed E-state index contributed by atoms with van der Waals surface area (Å²) in [5.74, 6) is 0.675. The minimum atomic E-state index is -4.94. The zero-order valence-corrected chi connectivity index (χ0v) is 30.6. The van der Waals surface area contributed by atoms with Crippen LogP contribution in [0.15, 0.2) is 82.8 Å². The molecule has 0 radical (unpaired) electrons. The zero-order chi connectivity index (χ0) is 35.2. The largest absolute Gasteiger partial charge is 3.00 e. The normalized spacial score (nSPS) is 13.9. The van der Waals surface area contributed by atoms with Crippen molar-refractivity contribution >= 4 is 39.5 Å². The predicted octanol–water partition coefficient (Wildman–Crippen LogP) is 5.92. The second-order valence-corrected chi connectivity index (χ2v) is 13.5. The number of carboxylic acids is 1. The SMILES string of the molecule is CC(=O)O.CC(C)c1cccc(C(C)C)c1N=C1C(=Nc2c(C(C)C)cccc2C(C)C)c2cccc3cccc1c23.[Co+3].[O-][Cl+3]([O-])([O-])[O-]. The van der Waals surface area contributed by atoms with Gasteiger partial charge in [-0.05, 0) is 51.3 Å². The molecule has 0 saturated heterocycles. The molecule has 10 heteroatoms. The van der Waals surface area contributed by atoms with Crippen LogP contribution in [-0.2, 0) is 21.6 Å². The summed E-state index contributed by atoms with van der Waals surface area (Å²) in [7, 11) is -4.94. The summed E-state index contributed by atoms with van der Waals surface area (Å²) in [6, 6.07) is 26.5. The quantitative estimate of drug-likeness (QED) is 0.261. The third-order valence-corrected chi connectivity index (χ3v) is 7.77. The monoisotopic (exact) mass is 718 g/mol. The Morgan fingerprint density at radius 3 is 1.08 bits per heavy atom. The number of aliphatic imine (C=N–C) groups is 2. The summed E-state index contributed by atoms with van der Waals surface area (Å²) in [5.41, 5.74) is 11.7. The van der Waals surface area contributed by atoms with Gasteiger partial charge in [-0.3, -0.25) is 4.79 Å². The number of halogens is 1. The third-order valence-electron chi connectivity index (χ3n) is 7.77. The molecule has 5 rings (SSSR count). The van der Waals surface area contributed by atoms with Gasteiger partial charge in [-0.1, -0.05) is 128 Å². The van der Waals surface area contributed by atoms with Crippen LogP contribution in [0.5, 0.6) is 0 Å². The maximum atomic E-state index is 9.00. The van der Waals surface area contributed by atoms with E-state index in [0.29, 0.717) is 23.7 Å². The summed E-state index contributed by atoms with van der Waals surface area (Å²) in [4.78, 5) is 20.1. The molecule has 0 fully saturated rings. The fourth-order valence-corrected chi connectivity index (χ4v) is 5.72. The molecule has 48 heavy (non-hydrogen) atoms. The van der Waals surface area contributed by atoms with Crippen molar-refractivity contribution in [2.75, 3.05) is 0 Å². The Kier molecular flexibility index (Phi) is 14.7. The smallest absolute Gasteiger partial charge is 0.481 e. The van der Waals surface area contributed by atoms with E-state index in [-0.39, 0.29) is 16.8 Å². The van der Waals surface area contributed by atoms with Crippen molar-refractivity contribution < 1.29 is 55.6 Å². The van der Waals surface area contributed by atoms with Crippen LogP contribution in [0.1, 0.15) is 119 Å². The molecule has 0 unspecified atom stereocenters. The Morgan fingerprint density at radius 2 is 0.833 bits per heavy atom. The molecule has 1 aliphatic rings. The van der Waals surface area contributed by atoms with Crippen molar-refractivity contribution in [2.24, 2.45) is 9.98 Å². The molecule has 0 amide bonds. The maximum Gasteiger partial charge on any atom is 3.00 e. The van der Waals surface area contributed by atoms with E-state index in [2.05, 4.69) is 128 Å². The van der Waals surface area contributed by atoms with Crippen LogP contribution < -0.4 is 18.6 Å². The minimum Gasteiger partial charge on any atom is -0.481 e. The standard InChI is InChI=1S/C36H40N2.C2H4O2.ClHO4.Co/c1-21(2)26-15-11-16-27(22(3)4)33(26)37-35-30-19-9-13-25-14-10-20-31(32(25)30)36(35)38-34-28(23(5)6)17-12-18-29(34)24(7)8;1-2(3)4;2-1(3,4)5;/h9-24H,1-8H3;1H3,(H,3,4);(H,2,3,4,5);/q;;;+3/p-1. The van der Waals surface area contributed by atoms with Gasteiger partial charge in [-0.2, -0.15) is 0 Å². The van der Waals surface area contributed by atoms with E-state index in [0.717, 1.165) is 29.7 Å². The average Bonchev–Trinajstić information content (AvgIpc) is 3.25. The summed E-state index contributed by atoms with van der Waals surface area (Å²) in [6.07, 6.45) is 0. The molecule has 0 saturated carbocycles. The molecule has 8 nitrogen and oxygen atoms in total. The van der Waals surface area contributed by atoms with Crippen LogP contribution in [0.3, 0.4) is 0 Å². The first kappa shape index (κ1) is 40.8. The molecule has 1 aliphatic carbocycles. The second-order valence-electron chi connectivity index (χ2n) is 12.7. The Balaban J connectivity index is 0.000000712. The van der Waals surface area contributed by atoms with E-state index >= 15 is 0 Å². The van der Waals surface area contributed by atoms with E-state index < -0.39 is 16.2 Å². The molecule has 0 aliphatic heterocycles. The number of carbonyl (C=O) groups is 1. The van der Waals surface area contributed by atoms with Gasteiger partial charge in [-0.25, -0.2) is 28.6 Å². The van der Waals surface area contributed by atoms with Gasteiger partial charge in [0.2, 0.25) is 0 Å². The van der Waals surface area contributed by atoms with Crippen molar-refractivity contribution in [1.82, 2.24) is 0 Å². The number of hydrogen-bond acceptors (Lipinski definition) is 7. The van der Waals surface area contributed by atoms with Crippen molar-refractivity contribution in [3.63, 3.8) is 0 Å². The molecule has 4 aromatic carbocycles. The van der Waals surface area contributed by atoms with Crippen molar-refractivity contribution in [2.45, 2.75) is 86.0 Å². The van der Waals surface area contributed by atoms with Crippen LogP contribution in [0.2, 0.25) is 0 Å². The number of nitrogens with zero attached hydrogens (tertiary/aromatic N) is 2. The zero-order valence-electron chi connectivity index (χ0n) is 28.8. The minimum absolute atomic E-state index is 0. The Morgan fingerprint density at radius 1 is 0.583 bits per heavy atom. The number of para-hydroxylation sites is 2. The predicted molar refractivity (Wildman–Crippen MR) is 179 cm³/mol. The van der Waals surface area contributed by atoms with Crippen LogP contribution in [0, 0.1) is 10.2 Å². The molecular weight excluding hydrogens is 675 g/mol. The maximum absolute atomic E-state index is 9.00. The van der Waals surface area contributed by atoms with E-state index in [4.69, 9.17) is 38.5 Å². The number of aliphatic carboxylic acids is 1. The average molecular weight is 719 g/mol. The first-order chi connectivity index (χ1) is 21.9. The Bertz CT molecular complexity index is 1620. The fraction of sp³-hybridized carbons (Fsp3) is 0.342. The van der Waals surface area contributed by atoms with Gasteiger partial charge < -0.3 is 5.11 Å². The van der Waals surface area contributed by atoms with E-state index in [1.807, 2.05) is 0 Å². The van der Waals surface area contributed by atoms with Gasteiger partial charge in [0.05, 0.1) is 22.8 Å². The number of carboxylic acid groups (broad SMARTS) is 1. The van der Waals surface area contributed by atoms with Crippen LogP contribution in [-0.4, -0.2) is 22.5 Å². The van der Waals surface area contributed by atoms with Crippen molar-refractivity contribution in [3.8, 4) is 0 Å². The van der Waals surface area contributed by atoms with Crippen molar-refractivity contribution in [3.05, 3.63) is 106 Å². The summed E-state index contributed by atoms with van der Waals surface area (Å²) >= 11 is 0. The molecule has 0 bridgehead atoms. The Hall–Kier alpha value is -3.41. The molecule has 256 valence electrons. The van der Waals surface area contributed by atoms with Gasteiger partial charge in [0.25, 0.3) is 5.97 Å². The topological polar surface area (TPSA) is 154 Å². The number of rotatable bonds is 6. The molecule has 0 atom stereocenters. The van der Waals surface area contributed by atoms with E-state index in [1.54, 1.807) is 0 Å². The van der Waals surface area contributed by atoms with Gasteiger partial charge in [-0.15, -0.1) is 10.2 Å². The third kappa shape index (κ3) is 10.3. The van der Waals surface area contributed by atoms with Gasteiger partial charge in [0.1, 0.15) is 0 Å². The van der Waals surface area contributed by atoms with Crippen LogP contribution >= 0.6 is 0 Å². The molecule has 0 aromatic heterocycles. The fourth-order valence-electron chi connectivity index (χ4n) is 5.72. The van der Waals surface area contributed by atoms with E-state index in [9.17, 15) is 0 Å². The van der Waals surface area contributed by atoms with Crippen molar-refractivity contribution in [1.29, 1.82) is 0 Å². The molecule has 0 spiro atoms. The first-order valence-corrected chi connectivity index (χ1v) is 16.9. The second kappa shape index (κ2) is 17.3. The van der Waals surface area contributed by atoms with Gasteiger partial charge in [0, 0.05) is 23.4 Å². The first-order valence-electron chi connectivity index (χ1n) is 15.7. The summed E-state index contributed by atoms with van der Waals surface area (Å²) < 4.78 is 34.0. The molecule has 4 aromatic rings. The number of benzene rings is 4. The molecule has 1 N–H and O–H groups in total. The van der Waals surface area contributed by atoms with Gasteiger partial charge in [0.15, 0.2) is 0 Å². The number of hydrogen-bond donors (Lipinski definition) is 1. The van der Waals surface area contributed by atoms with Crippen LogP contribution in [0.25, 0.3) is 10.8 Å². The molecule has 0 heterocycles. The van der Waals surface area contributed by atoms with Crippen LogP contribution in [0.4, 0.5) is 11.4 Å². The van der Waals surface area contributed by atoms with E-state index in [1.165, 1.54) is 44.2 Å². The Labute approximate surface area is 296 Å².